The number of anilines is 1. The lowest BCUT2D eigenvalue weighted by molar-refractivity contribution is -0.140. The molecule has 28 heavy (non-hydrogen) atoms. The number of hydrogen-bond acceptors (Lipinski definition) is 4. The molecule has 0 radical (unpaired) electrons. The molecule has 0 aromatic heterocycles. The topological polar surface area (TPSA) is 97.0 Å². The minimum atomic E-state index is -0.141. The second kappa shape index (κ2) is 7.47. The van der Waals surface area contributed by atoms with Gasteiger partial charge in [0.2, 0.25) is 11.8 Å². The van der Waals surface area contributed by atoms with E-state index in [0.29, 0.717) is 36.0 Å². The van der Waals surface area contributed by atoms with Crippen LogP contribution in [0.1, 0.15) is 12.8 Å². The Morgan fingerprint density at radius 1 is 1.29 bits per heavy atom. The van der Waals surface area contributed by atoms with Gasteiger partial charge in [-0.05, 0) is 42.9 Å². The molecule has 4 unspecified atom stereocenters. The second-order valence-electron chi connectivity index (χ2n) is 7.42. The van der Waals surface area contributed by atoms with E-state index in [4.69, 9.17) is 22.1 Å². The van der Waals surface area contributed by atoms with Crippen LogP contribution in [-0.2, 0) is 9.59 Å². The number of likely N-dealkylation sites (tertiary alicyclic amines) is 1. The number of imide groups is 1. The normalized spacial score (nSPS) is 28.2. The average molecular weight is 403 g/mol. The molecule has 1 aliphatic heterocycles. The van der Waals surface area contributed by atoms with Gasteiger partial charge in [0.15, 0.2) is 5.96 Å². The summed E-state index contributed by atoms with van der Waals surface area (Å²) >= 11 is 6.09. The number of ether oxygens (including phenoxy) is 1. The monoisotopic (exact) mass is 402 g/mol. The molecule has 1 saturated heterocycles. The number of nitrogens with zero attached hydrogens (tertiary/aromatic N) is 2. The number of methoxy groups -OCH3 is 1. The van der Waals surface area contributed by atoms with Crippen molar-refractivity contribution >= 4 is 35.1 Å². The van der Waals surface area contributed by atoms with Gasteiger partial charge in [-0.15, -0.1) is 0 Å². The summed E-state index contributed by atoms with van der Waals surface area (Å²) < 4.78 is 5.11. The van der Waals surface area contributed by atoms with Crippen molar-refractivity contribution in [3.63, 3.8) is 0 Å². The third-order valence-corrected chi connectivity index (χ3v) is 6.10. The Morgan fingerprint density at radius 2 is 1.96 bits per heavy atom. The van der Waals surface area contributed by atoms with Crippen LogP contribution in [0.5, 0.6) is 5.75 Å². The first-order chi connectivity index (χ1) is 13.5. The van der Waals surface area contributed by atoms with Crippen LogP contribution in [0.4, 0.5) is 5.69 Å². The van der Waals surface area contributed by atoms with Gasteiger partial charge in [0, 0.05) is 18.8 Å². The number of benzene rings is 1. The first-order valence-electron chi connectivity index (χ1n) is 9.43. The number of aliphatic imine (C=N–C) groups is 1. The van der Waals surface area contributed by atoms with Crippen LogP contribution in [0.2, 0.25) is 5.02 Å². The number of allylic oxidation sites excluding steroid dienone is 2. The Bertz CT molecular complexity index is 839. The smallest absolute Gasteiger partial charge is 0.233 e. The molecule has 0 spiro atoms. The number of fused-ring (bicyclic) bond motifs is 5. The number of rotatable bonds is 6. The lowest BCUT2D eigenvalue weighted by Gasteiger charge is -2.16. The number of amides is 2. The van der Waals surface area contributed by atoms with Crippen molar-refractivity contribution in [2.45, 2.75) is 12.8 Å². The van der Waals surface area contributed by atoms with Crippen LogP contribution in [0.3, 0.4) is 0 Å². The van der Waals surface area contributed by atoms with E-state index in [1.165, 1.54) is 4.90 Å². The van der Waals surface area contributed by atoms with E-state index in [1.807, 2.05) is 0 Å². The van der Waals surface area contributed by atoms with Crippen LogP contribution in [0, 0.1) is 23.7 Å². The van der Waals surface area contributed by atoms with Gasteiger partial charge in [0.1, 0.15) is 5.75 Å². The summed E-state index contributed by atoms with van der Waals surface area (Å²) in [5.74, 6) is 0.992. The van der Waals surface area contributed by atoms with E-state index in [-0.39, 0.29) is 41.4 Å². The maximum absolute atomic E-state index is 12.6. The van der Waals surface area contributed by atoms with Crippen LogP contribution in [0.25, 0.3) is 0 Å². The molecule has 2 aliphatic carbocycles. The predicted octanol–water partition coefficient (Wildman–Crippen LogP) is 2.27. The lowest BCUT2D eigenvalue weighted by Crippen LogP contribution is -2.34. The van der Waals surface area contributed by atoms with Gasteiger partial charge < -0.3 is 15.8 Å². The summed E-state index contributed by atoms with van der Waals surface area (Å²) in [4.78, 5) is 30.9. The van der Waals surface area contributed by atoms with E-state index >= 15 is 0 Å². The summed E-state index contributed by atoms with van der Waals surface area (Å²) in [5.41, 5.74) is 6.61. The Hall–Kier alpha value is -2.54. The van der Waals surface area contributed by atoms with Gasteiger partial charge in [-0.3, -0.25) is 19.5 Å². The van der Waals surface area contributed by atoms with E-state index in [9.17, 15) is 9.59 Å². The molecule has 4 atom stereocenters. The zero-order valence-corrected chi connectivity index (χ0v) is 16.4. The first-order valence-corrected chi connectivity index (χ1v) is 9.81. The molecule has 3 N–H and O–H groups in total. The number of nitrogens with one attached hydrogen (secondary N) is 1. The van der Waals surface area contributed by atoms with Gasteiger partial charge in [0.05, 0.1) is 24.0 Å². The largest absolute Gasteiger partial charge is 0.495 e. The highest BCUT2D eigenvalue weighted by atomic mass is 35.5. The van der Waals surface area contributed by atoms with Crippen molar-refractivity contribution in [2.24, 2.45) is 34.4 Å². The fourth-order valence-electron chi connectivity index (χ4n) is 4.54. The van der Waals surface area contributed by atoms with Crippen molar-refractivity contribution in [1.29, 1.82) is 0 Å². The molecule has 2 bridgehead atoms. The van der Waals surface area contributed by atoms with E-state index in [2.05, 4.69) is 22.5 Å². The average Bonchev–Trinajstić information content (AvgIpc) is 3.34. The van der Waals surface area contributed by atoms with E-state index < -0.39 is 0 Å². The van der Waals surface area contributed by atoms with Crippen molar-refractivity contribution in [3.05, 3.63) is 35.4 Å². The molecule has 1 heterocycles. The third kappa shape index (κ3) is 3.24. The Balaban J connectivity index is 1.28. The molecule has 1 saturated carbocycles. The molecular weight excluding hydrogens is 380 g/mol. The molecule has 4 rings (SSSR count). The molecule has 2 amide bonds. The maximum atomic E-state index is 12.6. The van der Waals surface area contributed by atoms with E-state index in [1.54, 1.807) is 25.3 Å². The molecule has 1 aromatic rings. The SMILES string of the molecule is COc1ccc(NC(N)=NCCCN2C(=O)C3C4C=CC(C4)C3C2=O)cc1Cl. The van der Waals surface area contributed by atoms with Crippen molar-refractivity contribution < 1.29 is 14.3 Å². The van der Waals surface area contributed by atoms with Gasteiger partial charge in [-0.25, -0.2) is 0 Å². The highest BCUT2D eigenvalue weighted by molar-refractivity contribution is 6.32. The zero-order chi connectivity index (χ0) is 19.8. The van der Waals surface area contributed by atoms with Crippen LogP contribution >= 0.6 is 11.6 Å². The number of carbonyl (C=O) groups excluding carboxylic acids is 2. The summed E-state index contributed by atoms with van der Waals surface area (Å²) in [7, 11) is 1.55. The molecule has 8 heteroatoms. The highest BCUT2D eigenvalue weighted by Gasteiger charge is 2.58. The maximum Gasteiger partial charge on any atom is 0.233 e. The molecule has 2 fully saturated rings. The predicted molar refractivity (Wildman–Crippen MR) is 107 cm³/mol. The number of nitrogens with two attached hydrogens (primary N) is 1. The van der Waals surface area contributed by atoms with Crippen molar-refractivity contribution in [1.82, 2.24) is 4.90 Å². The quantitative estimate of drug-likeness (QED) is 0.250. The molecule has 3 aliphatic rings. The third-order valence-electron chi connectivity index (χ3n) is 5.81. The Kier molecular flexibility index (Phi) is 5.02. The zero-order valence-electron chi connectivity index (χ0n) is 15.6. The van der Waals surface area contributed by atoms with Crippen molar-refractivity contribution in [2.75, 3.05) is 25.5 Å². The fraction of sp³-hybridized carbons (Fsp3) is 0.450. The number of hydrogen-bond donors (Lipinski definition) is 2. The lowest BCUT2D eigenvalue weighted by atomic mass is 9.85. The number of guanidine groups is 1. The summed E-state index contributed by atoms with van der Waals surface area (Å²) in [6.07, 6.45) is 5.72. The Morgan fingerprint density at radius 3 is 2.57 bits per heavy atom. The molecular formula is C20H23ClN4O3. The van der Waals surface area contributed by atoms with Gasteiger partial charge in [0.25, 0.3) is 0 Å². The van der Waals surface area contributed by atoms with E-state index in [0.717, 1.165) is 6.42 Å². The van der Waals surface area contributed by atoms with Crippen LogP contribution in [-0.4, -0.2) is 42.9 Å². The minimum Gasteiger partial charge on any atom is -0.495 e. The highest BCUT2D eigenvalue weighted by Crippen LogP contribution is 2.52. The summed E-state index contributed by atoms with van der Waals surface area (Å²) in [6.45, 7) is 0.801. The standard InChI is InChI=1S/C20H23ClN4O3/c1-28-15-6-5-13(10-14(15)21)24-20(22)23-7-2-8-25-18(26)16-11-3-4-12(9-11)17(16)19(25)27/h3-6,10-12,16-17H,2,7-9H2,1H3,(H3,22,23,24). The van der Waals surface area contributed by atoms with Crippen LogP contribution < -0.4 is 15.8 Å². The first kappa shape index (κ1) is 18.8. The number of halogens is 1. The van der Waals surface area contributed by atoms with Crippen molar-refractivity contribution in [3.8, 4) is 5.75 Å². The molecule has 148 valence electrons. The van der Waals surface area contributed by atoms with Crippen LogP contribution in [0.15, 0.2) is 35.3 Å². The van der Waals surface area contributed by atoms with Gasteiger partial charge >= 0.3 is 0 Å². The second-order valence-corrected chi connectivity index (χ2v) is 7.83. The molecule has 1 aromatic carbocycles. The molecule has 7 nitrogen and oxygen atoms in total. The number of carbonyl (C=O) groups is 2. The van der Waals surface area contributed by atoms with Gasteiger partial charge in [-0.1, -0.05) is 23.8 Å². The minimum absolute atomic E-state index is 0.0187. The summed E-state index contributed by atoms with van der Waals surface area (Å²) in [5, 5.41) is 3.44. The van der Waals surface area contributed by atoms with Gasteiger partial charge in [-0.2, -0.15) is 0 Å². The Labute approximate surface area is 168 Å². The fourth-order valence-corrected chi connectivity index (χ4v) is 4.80. The summed E-state index contributed by atoms with van der Waals surface area (Å²) in [6, 6.07) is 5.22.